The Kier molecular flexibility index (Phi) is 3.28. The van der Waals surface area contributed by atoms with Gasteiger partial charge < -0.3 is 15.4 Å². The molecule has 1 aromatic rings. The molecular weight excluding hydrogens is 208 g/mol. The van der Waals surface area contributed by atoms with Crippen LogP contribution in [0.1, 0.15) is 30.4 Å². The van der Waals surface area contributed by atoms with Crippen LogP contribution in [0, 0.1) is 5.82 Å². The van der Waals surface area contributed by atoms with E-state index in [1.165, 1.54) is 6.07 Å². The van der Waals surface area contributed by atoms with E-state index in [2.05, 4.69) is 0 Å². The van der Waals surface area contributed by atoms with E-state index in [-0.39, 0.29) is 18.3 Å². The Labute approximate surface area is 94.6 Å². The second-order valence-electron chi connectivity index (χ2n) is 4.20. The molecule has 86 valence electrons. The van der Waals surface area contributed by atoms with E-state index < -0.39 is 7.12 Å². The van der Waals surface area contributed by atoms with Crippen molar-refractivity contribution in [3.8, 4) is 0 Å². The predicted molar refractivity (Wildman–Crippen MR) is 60.9 cm³/mol. The number of halogens is 1. The highest BCUT2D eigenvalue weighted by molar-refractivity contribution is 6.60. The molecule has 0 radical (unpaired) electrons. The number of rotatable bonds is 1. The Morgan fingerprint density at radius 3 is 3.06 bits per heavy atom. The minimum absolute atomic E-state index is 0.0546. The van der Waals surface area contributed by atoms with Crippen molar-refractivity contribution in [2.45, 2.75) is 25.8 Å². The van der Waals surface area contributed by atoms with E-state index in [0.717, 1.165) is 0 Å². The number of fused-ring (bicyclic) bond motifs is 1. The molecule has 0 spiro atoms. The van der Waals surface area contributed by atoms with E-state index in [1.807, 2.05) is 6.92 Å². The van der Waals surface area contributed by atoms with Gasteiger partial charge in [-0.05, 0) is 35.0 Å². The maximum atomic E-state index is 13.9. The molecule has 1 atom stereocenters. The molecule has 3 nitrogen and oxygen atoms in total. The summed E-state index contributed by atoms with van der Waals surface area (Å²) >= 11 is 0. The molecule has 1 unspecified atom stereocenters. The quantitative estimate of drug-likeness (QED) is 0.681. The molecule has 0 saturated heterocycles. The zero-order chi connectivity index (χ0) is 11.7. The van der Waals surface area contributed by atoms with Gasteiger partial charge in [-0.2, -0.15) is 0 Å². The number of benzene rings is 1. The summed E-state index contributed by atoms with van der Waals surface area (Å²) < 4.78 is 19.1. The van der Waals surface area contributed by atoms with Crippen LogP contribution < -0.4 is 11.2 Å². The highest BCUT2D eigenvalue weighted by Gasteiger charge is 2.29. The van der Waals surface area contributed by atoms with Crippen molar-refractivity contribution in [3.05, 3.63) is 29.1 Å². The molecule has 0 aromatic heterocycles. The summed E-state index contributed by atoms with van der Waals surface area (Å²) in [6.07, 6.45) is 0.711. The van der Waals surface area contributed by atoms with Crippen LogP contribution in [0.5, 0.6) is 0 Å². The summed E-state index contributed by atoms with van der Waals surface area (Å²) in [5.74, 6) is -0.242. The molecule has 16 heavy (non-hydrogen) atoms. The molecule has 3 N–H and O–H groups in total. The third-order valence-corrected chi connectivity index (χ3v) is 3.04. The fourth-order valence-corrected chi connectivity index (χ4v) is 2.13. The average molecular weight is 223 g/mol. The fourth-order valence-electron chi connectivity index (χ4n) is 2.13. The van der Waals surface area contributed by atoms with Crippen LogP contribution in [0.25, 0.3) is 0 Å². The van der Waals surface area contributed by atoms with Gasteiger partial charge in [-0.3, -0.25) is 0 Å². The second-order valence-corrected chi connectivity index (χ2v) is 4.20. The standard InChI is InChI=1S/C11H15BFNO2/c1-7-2-3-16-12(15)9-4-8(6-14)5-10(13)11(7)9/h4-5,7,15H,2-3,6,14H2,1H3. The lowest BCUT2D eigenvalue weighted by atomic mass is 9.73. The first-order valence-corrected chi connectivity index (χ1v) is 5.45. The van der Waals surface area contributed by atoms with E-state index in [4.69, 9.17) is 10.4 Å². The fraction of sp³-hybridized carbons (Fsp3) is 0.455. The predicted octanol–water partition coefficient (Wildman–Crippen LogP) is 0.496. The van der Waals surface area contributed by atoms with Gasteiger partial charge >= 0.3 is 7.12 Å². The van der Waals surface area contributed by atoms with Gasteiger partial charge in [0, 0.05) is 13.2 Å². The number of nitrogens with two attached hydrogens (primary N) is 1. The molecule has 1 aliphatic rings. The Balaban J connectivity index is 2.56. The Morgan fingerprint density at radius 1 is 1.62 bits per heavy atom. The van der Waals surface area contributed by atoms with E-state index in [0.29, 0.717) is 29.6 Å². The summed E-state index contributed by atoms with van der Waals surface area (Å²) in [7, 11) is -1.04. The lowest BCUT2D eigenvalue weighted by Gasteiger charge is -2.14. The summed E-state index contributed by atoms with van der Waals surface area (Å²) in [5, 5.41) is 9.77. The van der Waals surface area contributed by atoms with Crippen molar-refractivity contribution >= 4 is 12.6 Å². The van der Waals surface area contributed by atoms with Crippen LogP contribution in [0.2, 0.25) is 0 Å². The minimum atomic E-state index is -1.04. The first-order chi connectivity index (χ1) is 7.63. The highest BCUT2D eigenvalue weighted by Crippen LogP contribution is 2.24. The van der Waals surface area contributed by atoms with Gasteiger partial charge in [0.25, 0.3) is 0 Å². The van der Waals surface area contributed by atoms with Crippen molar-refractivity contribution in [2.75, 3.05) is 6.61 Å². The molecule has 1 heterocycles. The largest absolute Gasteiger partial charge is 0.491 e. The van der Waals surface area contributed by atoms with E-state index in [9.17, 15) is 9.41 Å². The molecule has 0 fully saturated rings. The average Bonchev–Trinajstić information content (AvgIpc) is 2.39. The zero-order valence-corrected chi connectivity index (χ0v) is 9.24. The summed E-state index contributed by atoms with van der Waals surface area (Å²) in [4.78, 5) is 0. The topological polar surface area (TPSA) is 55.5 Å². The molecule has 0 aliphatic carbocycles. The smallest absolute Gasteiger partial charge is 0.423 e. The third kappa shape index (κ3) is 1.98. The summed E-state index contributed by atoms with van der Waals surface area (Å²) in [6, 6.07) is 3.16. The number of hydrogen-bond acceptors (Lipinski definition) is 3. The van der Waals surface area contributed by atoms with Crippen molar-refractivity contribution < 1.29 is 14.1 Å². The third-order valence-electron chi connectivity index (χ3n) is 3.04. The molecule has 0 bridgehead atoms. The van der Waals surface area contributed by atoms with E-state index >= 15 is 0 Å². The van der Waals surface area contributed by atoms with E-state index in [1.54, 1.807) is 6.07 Å². The molecular formula is C11H15BFNO2. The minimum Gasteiger partial charge on any atom is -0.423 e. The lowest BCUT2D eigenvalue weighted by Crippen LogP contribution is -2.36. The van der Waals surface area contributed by atoms with Crippen LogP contribution in [0.3, 0.4) is 0 Å². The van der Waals surface area contributed by atoms with Gasteiger partial charge in [-0.15, -0.1) is 0 Å². The van der Waals surface area contributed by atoms with Gasteiger partial charge in [0.1, 0.15) is 5.82 Å². The molecule has 5 heteroatoms. The van der Waals surface area contributed by atoms with Crippen LogP contribution in [0.15, 0.2) is 12.1 Å². The van der Waals surface area contributed by atoms with Crippen molar-refractivity contribution in [1.29, 1.82) is 0 Å². The van der Waals surface area contributed by atoms with Gasteiger partial charge in [0.15, 0.2) is 0 Å². The van der Waals surface area contributed by atoms with Gasteiger partial charge in [-0.1, -0.05) is 13.0 Å². The normalized spacial score (nSPS) is 20.5. The first kappa shape index (κ1) is 11.6. The Hall–Kier alpha value is -0.905. The molecule has 0 amide bonds. The molecule has 0 saturated carbocycles. The molecule has 1 aliphatic heterocycles. The van der Waals surface area contributed by atoms with Crippen molar-refractivity contribution in [2.24, 2.45) is 5.73 Å². The van der Waals surface area contributed by atoms with Crippen LogP contribution >= 0.6 is 0 Å². The van der Waals surface area contributed by atoms with Gasteiger partial charge in [0.05, 0.1) is 0 Å². The van der Waals surface area contributed by atoms with Crippen LogP contribution in [-0.2, 0) is 11.2 Å². The molecule has 2 rings (SSSR count). The second kappa shape index (κ2) is 4.53. The Bertz CT molecular complexity index is 400. The highest BCUT2D eigenvalue weighted by atomic mass is 19.1. The van der Waals surface area contributed by atoms with Crippen molar-refractivity contribution in [1.82, 2.24) is 0 Å². The van der Waals surface area contributed by atoms with Crippen molar-refractivity contribution in [3.63, 3.8) is 0 Å². The van der Waals surface area contributed by atoms with Gasteiger partial charge in [-0.25, -0.2) is 4.39 Å². The Morgan fingerprint density at radius 2 is 2.38 bits per heavy atom. The summed E-state index contributed by atoms with van der Waals surface area (Å²) in [6.45, 7) is 2.63. The maximum absolute atomic E-state index is 13.9. The first-order valence-electron chi connectivity index (χ1n) is 5.45. The van der Waals surface area contributed by atoms with Gasteiger partial charge in [0.2, 0.25) is 0 Å². The molecule has 1 aromatic carbocycles. The monoisotopic (exact) mass is 223 g/mol. The summed E-state index contributed by atoms with van der Waals surface area (Å²) in [5.41, 5.74) is 7.23. The van der Waals surface area contributed by atoms with Crippen LogP contribution in [-0.4, -0.2) is 18.7 Å². The lowest BCUT2D eigenvalue weighted by molar-refractivity contribution is 0.264. The SMILES string of the molecule is CC1CCOB(O)c2cc(CN)cc(F)c21. The number of hydrogen-bond donors (Lipinski definition) is 2. The maximum Gasteiger partial charge on any atom is 0.491 e. The zero-order valence-electron chi connectivity index (χ0n) is 9.24. The van der Waals surface area contributed by atoms with Crippen LogP contribution in [0.4, 0.5) is 4.39 Å².